The van der Waals surface area contributed by atoms with Gasteiger partial charge in [-0.15, -0.1) is 0 Å². The third-order valence-corrected chi connectivity index (χ3v) is 3.19. The van der Waals surface area contributed by atoms with E-state index in [-0.39, 0.29) is 0 Å². The van der Waals surface area contributed by atoms with Crippen LogP contribution in [0, 0.1) is 0 Å². The first kappa shape index (κ1) is 13.2. The summed E-state index contributed by atoms with van der Waals surface area (Å²) in [6.07, 6.45) is 2.77. The van der Waals surface area contributed by atoms with Crippen molar-refractivity contribution in [1.82, 2.24) is 4.90 Å². The highest BCUT2D eigenvalue weighted by atomic mass is 16.5. The molecule has 1 saturated heterocycles. The maximum Gasteiger partial charge on any atom is 0.142 e. The van der Waals surface area contributed by atoms with Crippen molar-refractivity contribution in [2.45, 2.75) is 18.9 Å². The van der Waals surface area contributed by atoms with Gasteiger partial charge < -0.3 is 20.1 Å². The Labute approximate surface area is 109 Å². The zero-order valence-electron chi connectivity index (χ0n) is 11.0. The summed E-state index contributed by atoms with van der Waals surface area (Å²) in [5, 5.41) is 0. The number of hydrogen-bond donors (Lipinski definition) is 1. The highest BCUT2D eigenvalue weighted by Crippen LogP contribution is 2.19. The van der Waals surface area contributed by atoms with Crippen molar-refractivity contribution in [1.29, 1.82) is 0 Å². The minimum Gasteiger partial charge on any atom is -0.490 e. The average Bonchev–Trinajstić information content (AvgIpc) is 2.84. The average molecular weight is 250 g/mol. The molecule has 1 aromatic rings. The highest BCUT2D eigenvalue weighted by molar-refractivity contribution is 5.51. The van der Waals surface area contributed by atoms with Crippen LogP contribution in [0.1, 0.15) is 12.8 Å². The van der Waals surface area contributed by atoms with Crippen LogP contribution >= 0.6 is 0 Å². The summed E-state index contributed by atoms with van der Waals surface area (Å²) in [6, 6.07) is 7.59. The number of nitrogens with zero attached hydrogens (tertiary/aromatic N) is 1. The molecule has 1 unspecified atom stereocenters. The molecule has 1 aliphatic heterocycles. The summed E-state index contributed by atoms with van der Waals surface area (Å²) >= 11 is 0. The van der Waals surface area contributed by atoms with Crippen LogP contribution in [0.4, 0.5) is 5.69 Å². The molecule has 18 heavy (non-hydrogen) atoms. The van der Waals surface area contributed by atoms with E-state index in [1.54, 1.807) is 0 Å². The highest BCUT2D eigenvalue weighted by Gasteiger charge is 2.17. The third kappa shape index (κ3) is 3.89. The molecule has 2 rings (SSSR count). The third-order valence-electron chi connectivity index (χ3n) is 3.19. The van der Waals surface area contributed by atoms with E-state index < -0.39 is 0 Å². The minimum absolute atomic E-state index is 0.400. The molecule has 2 N–H and O–H groups in total. The molecule has 0 saturated carbocycles. The lowest BCUT2D eigenvalue weighted by molar-refractivity contribution is 0.0771. The van der Waals surface area contributed by atoms with Crippen LogP contribution in [-0.2, 0) is 4.74 Å². The second-order valence-corrected chi connectivity index (χ2v) is 4.78. The van der Waals surface area contributed by atoms with Gasteiger partial charge >= 0.3 is 0 Å². The van der Waals surface area contributed by atoms with Crippen molar-refractivity contribution < 1.29 is 9.47 Å². The fraction of sp³-hybridized carbons (Fsp3) is 0.571. The Morgan fingerprint density at radius 3 is 3.00 bits per heavy atom. The van der Waals surface area contributed by atoms with Gasteiger partial charge in [0.1, 0.15) is 12.4 Å². The van der Waals surface area contributed by atoms with Gasteiger partial charge in [-0.25, -0.2) is 0 Å². The van der Waals surface area contributed by atoms with Crippen LogP contribution in [-0.4, -0.2) is 44.4 Å². The lowest BCUT2D eigenvalue weighted by Gasteiger charge is -2.20. The predicted molar refractivity (Wildman–Crippen MR) is 72.8 cm³/mol. The first-order valence-electron chi connectivity index (χ1n) is 6.53. The van der Waals surface area contributed by atoms with E-state index in [1.807, 2.05) is 24.3 Å². The summed E-state index contributed by atoms with van der Waals surface area (Å²) in [7, 11) is 2.10. The Morgan fingerprint density at radius 2 is 2.28 bits per heavy atom. The number of likely N-dealkylation sites (N-methyl/N-ethyl adjacent to an activating group) is 1. The number of anilines is 1. The minimum atomic E-state index is 0.400. The Kier molecular flexibility index (Phi) is 4.84. The Morgan fingerprint density at radius 1 is 1.44 bits per heavy atom. The van der Waals surface area contributed by atoms with Crippen molar-refractivity contribution in [2.75, 3.05) is 39.1 Å². The van der Waals surface area contributed by atoms with E-state index in [0.717, 1.165) is 25.4 Å². The van der Waals surface area contributed by atoms with Gasteiger partial charge in [-0.1, -0.05) is 12.1 Å². The SMILES string of the molecule is CN(CCOc1ccccc1N)CC1CCCO1. The smallest absolute Gasteiger partial charge is 0.142 e. The number of para-hydroxylation sites is 2. The van der Waals surface area contributed by atoms with E-state index in [4.69, 9.17) is 15.2 Å². The van der Waals surface area contributed by atoms with Gasteiger partial charge in [-0.2, -0.15) is 0 Å². The molecule has 0 aliphatic carbocycles. The van der Waals surface area contributed by atoms with Crippen LogP contribution < -0.4 is 10.5 Å². The fourth-order valence-corrected chi connectivity index (χ4v) is 2.15. The van der Waals surface area contributed by atoms with Crippen molar-refractivity contribution in [3.63, 3.8) is 0 Å². The molecule has 0 aromatic heterocycles. The Bertz CT molecular complexity index is 365. The lowest BCUT2D eigenvalue weighted by atomic mass is 10.2. The van der Waals surface area contributed by atoms with Crippen LogP contribution in [0.3, 0.4) is 0 Å². The Hall–Kier alpha value is -1.26. The zero-order valence-corrected chi connectivity index (χ0v) is 11.0. The monoisotopic (exact) mass is 250 g/mol. The van der Waals surface area contributed by atoms with E-state index >= 15 is 0 Å². The molecule has 100 valence electrons. The van der Waals surface area contributed by atoms with Crippen LogP contribution in [0.2, 0.25) is 0 Å². The van der Waals surface area contributed by atoms with Gasteiger partial charge in [0, 0.05) is 19.7 Å². The maximum absolute atomic E-state index is 5.81. The van der Waals surface area contributed by atoms with E-state index in [1.165, 1.54) is 12.8 Å². The maximum atomic E-state index is 5.81. The number of ether oxygens (including phenoxy) is 2. The molecule has 1 heterocycles. The number of nitrogen functional groups attached to an aromatic ring is 1. The lowest BCUT2D eigenvalue weighted by Crippen LogP contribution is -2.32. The summed E-state index contributed by atoms with van der Waals surface area (Å²) in [5.74, 6) is 0.767. The second kappa shape index (κ2) is 6.61. The van der Waals surface area contributed by atoms with Crippen molar-refractivity contribution in [3.8, 4) is 5.75 Å². The van der Waals surface area contributed by atoms with Gasteiger partial charge in [0.25, 0.3) is 0 Å². The second-order valence-electron chi connectivity index (χ2n) is 4.78. The number of benzene rings is 1. The predicted octanol–water partition coefficient (Wildman–Crippen LogP) is 1.76. The van der Waals surface area contributed by atoms with Gasteiger partial charge in [-0.05, 0) is 32.0 Å². The molecule has 0 bridgehead atoms. The van der Waals surface area contributed by atoms with Gasteiger partial charge in [0.05, 0.1) is 11.8 Å². The molecule has 1 fully saturated rings. The fourth-order valence-electron chi connectivity index (χ4n) is 2.15. The summed E-state index contributed by atoms with van der Waals surface area (Å²) in [6.45, 7) is 3.43. The molecular weight excluding hydrogens is 228 g/mol. The van der Waals surface area contributed by atoms with Crippen molar-refractivity contribution in [2.24, 2.45) is 0 Å². The molecular formula is C14H22N2O2. The summed E-state index contributed by atoms with van der Waals surface area (Å²) in [4.78, 5) is 2.25. The zero-order chi connectivity index (χ0) is 12.8. The van der Waals surface area contributed by atoms with Gasteiger partial charge in [-0.3, -0.25) is 0 Å². The molecule has 0 radical (unpaired) electrons. The summed E-state index contributed by atoms with van der Waals surface area (Å²) < 4.78 is 11.3. The number of hydrogen-bond acceptors (Lipinski definition) is 4. The van der Waals surface area contributed by atoms with Gasteiger partial charge in [0.2, 0.25) is 0 Å². The number of nitrogens with two attached hydrogens (primary N) is 1. The standard InChI is InChI=1S/C14H22N2O2/c1-16(11-12-5-4-9-17-12)8-10-18-14-7-3-2-6-13(14)15/h2-3,6-7,12H,4-5,8-11,15H2,1H3. The Balaban J connectivity index is 1.67. The quantitative estimate of drug-likeness (QED) is 0.782. The molecule has 1 aromatic carbocycles. The van der Waals surface area contributed by atoms with Crippen LogP contribution in [0.25, 0.3) is 0 Å². The normalized spacial score (nSPS) is 19.3. The largest absolute Gasteiger partial charge is 0.490 e. The molecule has 0 spiro atoms. The first-order chi connectivity index (χ1) is 8.75. The van der Waals surface area contributed by atoms with Crippen molar-refractivity contribution >= 4 is 5.69 Å². The first-order valence-corrected chi connectivity index (χ1v) is 6.53. The van der Waals surface area contributed by atoms with Crippen LogP contribution in [0.15, 0.2) is 24.3 Å². The topological polar surface area (TPSA) is 47.7 Å². The number of rotatable bonds is 6. The van der Waals surface area contributed by atoms with E-state index in [2.05, 4.69) is 11.9 Å². The molecule has 4 nitrogen and oxygen atoms in total. The molecule has 1 atom stereocenters. The van der Waals surface area contributed by atoms with Gasteiger partial charge in [0.15, 0.2) is 0 Å². The van der Waals surface area contributed by atoms with E-state index in [9.17, 15) is 0 Å². The molecule has 4 heteroatoms. The van der Waals surface area contributed by atoms with Crippen molar-refractivity contribution in [3.05, 3.63) is 24.3 Å². The van der Waals surface area contributed by atoms with E-state index in [0.29, 0.717) is 18.4 Å². The molecule has 0 amide bonds. The van der Waals surface area contributed by atoms with Crippen LogP contribution in [0.5, 0.6) is 5.75 Å². The summed E-state index contributed by atoms with van der Waals surface area (Å²) in [5.41, 5.74) is 6.50. The molecule has 1 aliphatic rings.